The first-order valence-corrected chi connectivity index (χ1v) is 8.14. The van der Waals surface area contributed by atoms with E-state index in [4.69, 9.17) is 4.74 Å². The summed E-state index contributed by atoms with van der Waals surface area (Å²) in [6.45, 7) is 3.39. The number of ketones is 1. The second kappa shape index (κ2) is 5.20. The normalized spacial score (nSPS) is 24.7. The maximum absolute atomic E-state index is 12.7. The van der Waals surface area contributed by atoms with Gasteiger partial charge < -0.3 is 14.6 Å². The van der Waals surface area contributed by atoms with Crippen LogP contribution in [0.25, 0.3) is 10.9 Å². The third kappa shape index (κ3) is 2.27. The maximum atomic E-state index is 12.7. The number of benzene rings is 1. The van der Waals surface area contributed by atoms with Crippen molar-refractivity contribution in [1.82, 2.24) is 9.88 Å². The number of piperidine rings is 1. The lowest BCUT2D eigenvalue weighted by molar-refractivity contribution is -0.144. The number of ether oxygens (including phenoxy) is 1. The van der Waals surface area contributed by atoms with Gasteiger partial charge >= 0.3 is 0 Å². The van der Waals surface area contributed by atoms with Gasteiger partial charge in [-0.15, -0.1) is 0 Å². The molecule has 3 heterocycles. The molecule has 1 aromatic carbocycles. The van der Waals surface area contributed by atoms with Gasteiger partial charge in [0.15, 0.2) is 5.78 Å². The first kappa shape index (κ1) is 14.5. The topological polar surface area (TPSA) is 62.4 Å². The van der Waals surface area contributed by atoms with Gasteiger partial charge in [-0.05, 0) is 37.5 Å². The number of nitrogens with one attached hydrogen (secondary N) is 1. The molecule has 0 bridgehead atoms. The van der Waals surface area contributed by atoms with E-state index in [0.29, 0.717) is 25.3 Å². The average Bonchev–Trinajstić information content (AvgIpc) is 3.18. The van der Waals surface area contributed by atoms with Crippen LogP contribution in [0.1, 0.15) is 35.3 Å². The number of rotatable bonds is 1. The predicted octanol–water partition coefficient (Wildman–Crippen LogP) is 2.44. The first-order chi connectivity index (χ1) is 11.1. The summed E-state index contributed by atoms with van der Waals surface area (Å²) >= 11 is 0. The van der Waals surface area contributed by atoms with Gasteiger partial charge in [-0.3, -0.25) is 9.59 Å². The van der Waals surface area contributed by atoms with E-state index in [1.807, 2.05) is 31.2 Å². The van der Waals surface area contributed by atoms with Crippen molar-refractivity contribution < 1.29 is 14.3 Å². The van der Waals surface area contributed by atoms with E-state index in [1.54, 1.807) is 4.90 Å². The molecule has 1 amide bonds. The summed E-state index contributed by atoms with van der Waals surface area (Å²) in [5.74, 6) is -0.0660. The van der Waals surface area contributed by atoms with Gasteiger partial charge in [0.2, 0.25) is 0 Å². The van der Waals surface area contributed by atoms with Crippen LogP contribution in [-0.2, 0) is 9.53 Å². The van der Waals surface area contributed by atoms with Crippen LogP contribution >= 0.6 is 0 Å². The number of carbonyl (C=O) groups excluding carboxylic acids is 2. The van der Waals surface area contributed by atoms with E-state index in [1.165, 1.54) is 0 Å². The summed E-state index contributed by atoms with van der Waals surface area (Å²) < 4.78 is 5.70. The predicted molar refractivity (Wildman–Crippen MR) is 86.5 cm³/mol. The Bertz CT molecular complexity index is 787. The summed E-state index contributed by atoms with van der Waals surface area (Å²) in [4.78, 5) is 30.0. The minimum atomic E-state index is -0.617. The lowest BCUT2D eigenvalue weighted by Gasteiger charge is -2.36. The third-order valence-electron chi connectivity index (χ3n) is 5.13. The molecule has 2 aliphatic rings. The Hall–Kier alpha value is -2.14. The highest BCUT2D eigenvalue weighted by Crippen LogP contribution is 2.33. The van der Waals surface area contributed by atoms with Gasteiger partial charge in [-0.1, -0.05) is 12.1 Å². The van der Waals surface area contributed by atoms with Gasteiger partial charge in [0.05, 0.1) is 6.54 Å². The molecule has 0 saturated carbocycles. The monoisotopic (exact) mass is 312 g/mol. The van der Waals surface area contributed by atoms with Crippen LogP contribution in [0.15, 0.2) is 24.3 Å². The third-order valence-corrected chi connectivity index (χ3v) is 5.13. The highest BCUT2D eigenvalue weighted by atomic mass is 16.5. The molecule has 4 rings (SSSR count). The van der Waals surface area contributed by atoms with Crippen LogP contribution < -0.4 is 0 Å². The van der Waals surface area contributed by atoms with Crippen molar-refractivity contribution in [2.24, 2.45) is 0 Å². The smallest absolute Gasteiger partial charge is 0.270 e. The quantitative estimate of drug-likeness (QED) is 0.880. The van der Waals surface area contributed by atoms with E-state index in [-0.39, 0.29) is 18.2 Å². The number of aryl methyl sites for hydroxylation is 1. The molecule has 1 atom stereocenters. The molecular formula is C18H20N2O3. The van der Waals surface area contributed by atoms with Crippen molar-refractivity contribution in [2.45, 2.75) is 31.8 Å². The maximum Gasteiger partial charge on any atom is 0.270 e. The highest BCUT2D eigenvalue weighted by molar-refractivity contribution is 6.01. The highest BCUT2D eigenvalue weighted by Gasteiger charge is 2.46. The molecule has 23 heavy (non-hydrogen) atoms. The van der Waals surface area contributed by atoms with Gasteiger partial charge in [0.1, 0.15) is 11.3 Å². The lowest BCUT2D eigenvalue weighted by Crippen LogP contribution is -2.53. The molecule has 1 aromatic heterocycles. The molecule has 5 nitrogen and oxygen atoms in total. The van der Waals surface area contributed by atoms with Crippen LogP contribution in [0.5, 0.6) is 0 Å². The lowest BCUT2D eigenvalue weighted by atomic mass is 9.87. The molecule has 0 radical (unpaired) electrons. The van der Waals surface area contributed by atoms with Crippen LogP contribution in [0.2, 0.25) is 0 Å². The number of nitrogens with zero attached hydrogens (tertiary/aromatic N) is 1. The minimum absolute atomic E-state index is 0.0434. The van der Waals surface area contributed by atoms with E-state index >= 15 is 0 Å². The Morgan fingerprint density at radius 2 is 2.22 bits per heavy atom. The molecule has 2 aromatic rings. The fraction of sp³-hybridized carbons (Fsp3) is 0.444. The second-order valence-electron chi connectivity index (χ2n) is 6.57. The molecule has 2 saturated heterocycles. The molecule has 5 heteroatoms. The van der Waals surface area contributed by atoms with Crippen LogP contribution in [0.4, 0.5) is 0 Å². The summed E-state index contributed by atoms with van der Waals surface area (Å²) in [6, 6.07) is 7.83. The summed E-state index contributed by atoms with van der Waals surface area (Å²) in [5.41, 5.74) is 2.01. The SMILES string of the molecule is Cc1cccc2[nH]c(C(=O)N3CC[C@]4(CCCO4)C(=O)C3)cc12. The van der Waals surface area contributed by atoms with Crippen molar-refractivity contribution in [1.29, 1.82) is 0 Å². The number of aromatic nitrogens is 1. The Labute approximate surface area is 134 Å². The number of hydrogen-bond acceptors (Lipinski definition) is 3. The summed E-state index contributed by atoms with van der Waals surface area (Å²) in [7, 11) is 0. The number of hydrogen-bond donors (Lipinski definition) is 1. The number of H-pyrrole nitrogens is 1. The zero-order valence-electron chi connectivity index (χ0n) is 13.2. The summed E-state index contributed by atoms with van der Waals surface area (Å²) in [6.07, 6.45) is 2.33. The van der Waals surface area contributed by atoms with E-state index in [0.717, 1.165) is 29.3 Å². The first-order valence-electron chi connectivity index (χ1n) is 8.14. The molecule has 0 aliphatic carbocycles. The number of carbonyl (C=O) groups is 2. The number of aromatic amines is 1. The van der Waals surface area contributed by atoms with E-state index in [2.05, 4.69) is 4.98 Å². The Morgan fingerprint density at radius 1 is 1.35 bits per heavy atom. The Morgan fingerprint density at radius 3 is 2.91 bits per heavy atom. The van der Waals surface area contributed by atoms with Crippen LogP contribution in [0, 0.1) is 6.92 Å². The van der Waals surface area contributed by atoms with Crippen molar-refractivity contribution >= 4 is 22.6 Å². The van der Waals surface area contributed by atoms with Crippen LogP contribution in [0.3, 0.4) is 0 Å². The van der Waals surface area contributed by atoms with Crippen molar-refractivity contribution in [2.75, 3.05) is 19.7 Å². The fourth-order valence-corrected chi connectivity index (χ4v) is 3.73. The van der Waals surface area contributed by atoms with Crippen LogP contribution in [-0.4, -0.2) is 46.9 Å². The zero-order valence-corrected chi connectivity index (χ0v) is 13.2. The average molecular weight is 312 g/mol. The Kier molecular flexibility index (Phi) is 3.27. The van der Waals surface area contributed by atoms with Crippen molar-refractivity contribution in [3.8, 4) is 0 Å². The molecule has 1 N–H and O–H groups in total. The fourth-order valence-electron chi connectivity index (χ4n) is 3.73. The molecule has 1 spiro atoms. The van der Waals surface area contributed by atoms with Crippen molar-refractivity contribution in [3.05, 3.63) is 35.5 Å². The largest absolute Gasteiger partial charge is 0.367 e. The van der Waals surface area contributed by atoms with Gasteiger partial charge in [0, 0.05) is 30.5 Å². The van der Waals surface area contributed by atoms with E-state index < -0.39 is 5.60 Å². The number of amides is 1. The molecule has 120 valence electrons. The number of Topliss-reactive ketones (excluding diaryl/α,β-unsaturated/α-hetero) is 1. The summed E-state index contributed by atoms with van der Waals surface area (Å²) in [5, 5.41) is 1.05. The molecule has 2 fully saturated rings. The zero-order chi connectivity index (χ0) is 16.0. The van der Waals surface area contributed by atoms with E-state index in [9.17, 15) is 9.59 Å². The second-order valence-corrected chi connectivity index (χ2v) is 6.57. The standard InChI is InChI=1S/C18H20N2O3/c1-12-4-2-5-14-13(12)10-15(19-14)17(22)20-8-7-18(16(21)11-20)6-3-9-23-18/h2,4-5,10,19H,3,6-9,11H2,1H3/t18-/m1/s1. The van der Waals surface area contributed by atoms with Gasteiger partial charge in [-0.25, -0.2) is 0 Å². The molecule has 2 aliphatic heterocycles. The Balaban J connectivity index is 1.57. The molecular weight excluding hydrogens is 292 g/mol. The van der Waals surface area contributed by atoms with Gasteiger partial charge in [0.25, 0.3) is 5.91 Å². The minimum Gasteiger partial charge on any atom is -0.367 e. The number of fused-ring (bicyclic) bond motifs is 1. The van der Waals surface area contributed by atoms with Crippen molar-refractivity contribution in [3.63, 3.8) is 0 Å². The molecule has 0 unspecified atom stereocenters. The van der Waals surface area contributed by atoms with Gasteiger partial charge in [-0.2, -0.15) is 0 Å². The number of likely N-dealkylation sites (tertiary alicyclic amines) is 1.